The summed E-state index contributed by atoms with van der Waals surface area (Å²) in [5.41, 5.74) is 1.05. The summed E-state index contributed by atoms with van der Waals surface area (Å²) in [7, 11) is 3.65. The van der Waals surface area contributed by atoms with Crippen molar-refractivity contribution in [3.8, 4) is 11.4 Å². The second-order valence-corrected chi connectivity index (χ2v) is 4.44. The predicted octanol–water partition coefficient (Wildman–Crippen LogP) is 0.685. The molecule has 3 aromatic rings. The maximum Gasteiger partial charge on any atom is 0.349 e. The third-order valence-electron chi connectivity index (χ3n) is 2.82. The minimum absolute atomic E-state index is 0.248. The Labute approximate surface area is 112 Å². The van der Waals surface area contributed by atoms with Crippen LogP contribution in [0, 0.1) is 5.82 Å². The van der Waals surface area contributed by atoms with Crippen LogP contribution in [-0.4, -0.2) is 38.7 Å². The third kappa shape index (κ3) is 1.91. The van der Waals surface area contributed by atoms with Crippen molar-refractivity contribution in [2.45, 2.75) is 0 Å². The number of pyridine rings is 1. The van der Waals surface area contributed by atoms with E-state index in [9.17, 15) is 9.18 Å². The van der Waals surface area contributed by atoms with Gasteiger partial charge in [-0.2, -0.15) is 9.61 Å². The highest BCUT2D eigenvalue weighted by Crippen LogP contribution is 2.19. The first-order chi connectivity index (χ1) is 9.56. The summed E-state index contributed by atoms with van der Waals surface area (Å²) < 4.78 is 14.4. The molecular formula is C12H11FN6O. The molecular weight excluding hydrogens is 263 g/mol. The molecule has 102 valence electrons. The van der Waals surface area contributed by atoms with Gasteiger partial charge in [-0.05, 0) is 6.07 Å². The molecule has 0 spiro atoms. The lowest BCUT2D eigenvalue weighted by Crippen LogP contribution is -2.20. The van der Waals surface area contributed by atoms with Crippen molar-refractivity contribution in [2.75, 3.05) is 19.0 Å². The number of aromatic nitrogens is 5. The largest absolute Gasteiger partial charge is 0.373 e. The van der Waals surface area contributed by atoms with Crippen LogP contribution in [0.3, 0.4) is 0 Å². The maximum absolute atomic E-state index is 13.2. The van der Waals surface area contributed by atoms with Crippen molar-refractivity contribution < 1.29 is 4.39 Å². The lowest BCUT2D eigenvalue weighted by atomic mass is 10.2. The van der Waals surface area contributed by atoms with Gasteiger partial charge in [0.15, 0.2) is 5.65 Å². The quantitative estimate of drug-likeness (QED) is 0.743. The van der Waals surface area contributed by atoms with E-state index in [1.807, 2.05) is 14.1 Å². The SMILES string of the molecule is CN(C)c1cnn2c(=O)[nH]c(-c3cncc(F)c3)nc12. The molecule has 20 heavy (non-hydrogen) atoms. The molecule has 0 saturated heterocycles. The Morgan fingerprint density at radius 1 is 1.30 bits per heavy atom. The zero-order chi connectivity index (χ0) is 14.3. The normalized spacial score (nSPS) is 10.9. The molecule has 0 saturated carbocycles. The number of hydrogen-bond donors (Lipinski definition) is 1. The van der Waals surface area contributed by atoms with E-state index in [1.54, 1.807) is 11.1 Å². The first kappa shape index (κ1) is 12.3. The maximum atomic E-state index is 13.2. The third-order valence-corrected chi connectivity index (χ3v) is 2.82. The zero-order valence-electron chi connectivity index (χ0n) is 10.8. The van der Waals surface area contributed by atoms with Crippen molar-refractivity contribution in [1.82, 2.24) is 24.6 Å². The van der Waals surface area contributed by atoms with Crippen LogP contribution in [0.1, 0.15) is 0 Å². The van der Waals surface area contributed by atoms with Gasteiger partial charge in [0.05, 0.1) is 12.4 Å². The van der Waals surface area contributed by atoms with E-state index in [1.165, 1.54) is 12.3 Å². The second-order valence-electron chi connectivity index (χ2n) is 4.44. The van der Waals surface area contributed by atoms with Crippen LogP contribution in [0.25, 0.3) is 17.0 Å². The smallest absolute Gasteiger partial charge is 0.349 e. The lowest BCUT2D eigenvalue weighted by Gasteiger charge is -2.09. The molecule has 3 rings (SSSR count). The zero-order valence-corrected chi connectivity index (χ0v) is 10.8. The van der Waals surface area contributed by atoms with Crippen molar-refractivity contribution in [3.63, 3.8) is 0 Å². The van der Waals surface area contributed by atoms with E-state index in [0.717, 1.165) is 10.7 Å². The summed E-state index contributed by atoms with van der Waals surface area (Å²) in [5.74, 6) is -0.246. The number of fused-ring (bicyclic) bond motifs is 1. The van der Waals surface area contributed by atoms with Gasteiger partial charge in [0.1, 0.15) is 17.3 Å². The van der Waals surface area contributed by atoms with Crippen molar-refractivity contribution in [3.05, 3.63) is 41.0 Å². The molecule has 1 N–H and O–H groups in total. The minimum atomic E-state index is -0.494. The van der Waals surface area contributed by atoms with Gasteiger partial charge >= 0.3 is 5.69 Å². The number of nitrogens with zero attached hydrogens (tertiary/aromatic N) is 5. The molecule has 0 aromatic carbocycles. The Hall–Kier alpha value is -2.77. The number of halogens is 1. The van der Waals surface area contributed by atoms with Crippen LogP contribution in [-0.2, 0) is 0 Å². The lowest BCUT2D eigenvalue weighted by molar-refractivity contribution is 0.621. The molecule has 0 aliphatic rings. The van der Waals surface area contributed by atoms with Crippen LogP contribution < -0.4 is 10.6 Å². The summed E-state index contributed by atoms with van der Waals surface area (Å²) in [6.45, 7) is 0. The molecule has 0 aliphatic heterocycles. The van der Waals surface area contributed by atoms with Crippen LogP contribution in [0.15, 0.2) is 29.5 Å². The molecule has 3 heterocycles. The fourth-order valence-electron chi connectivity index (χ4n) is 1.87. The van der Waals surface area contributed by atoms with E-state index in [0.29, 0.717) is 16.9 Å². The van der Waals surface area contributed by atoms with E-state index < -0.39 is 11.5 Å². The predicted molar refractivity (Wildman–Crippen MR) is 71.1 cm³/mol. The molecule has 0 radical (unpaired) electrons. The molecule has 8 heteroatoms. The van der Waals surface area contributed by atoms with Gasteiger partial charge in [0.2, 0.25) is 0 Å². The van der Waals surface area contributed by atoms with Crippen molar-refractivity contribution >= 4 is 11.3 Å². The highest BCUT2D eigenvalue weighted by atomic mass is 19.1. The van der Waals surface area contributed by atoms with Gasteiger partial charge in [0, 0.05) is 25.9 Å². The Bertz CT molecular complexity index is 837. The number of aromatic amines is 1. The Kier molecular flexibility index (Phi) is 2.70. The molecule has 0 fully saturated rings. The van der Waals surface area contributed by atoms with Crippen molar-refractivity contribution in [2.24, 2.45) is 0 Å². The second kappa shape index (κ2) is 4.41. The van der Waals surface area contributed by atoms with Crippen LogP contribution in [0.5, 0.6) is 0 Å². The number of nitrogens with one attached hydrogen (secondary N) is 1. The Morgan fingerprint density at radius 2 is 2.10 bits per heavy atom. The molecule has 0 bridgehead atoms. The van der Waals surface area contributed by atoms with E-state index in [2.05, 4.69) is 20.1 Å². The standard InChI is InChI=1S/C12H11FN6O/c1-18(2)9-6-15-19-11(9)16-10(17-12(19)20)7-3-8(13)5-14-4-7/h3-6H,1-2H3,(H,16,17,20). The molecule has 0 aliphatic carbocycles. The molecule has 0 atom stereocenters. The summed E-state index contributed by atoms with van der Waals surface area (Å²) in [6, 6.07) is 1.26. The van der Waals surface area contributed by atoms with Gasteiger partial charge in [0.25, 0.3) is 0 Å². The van der Waals surface area contributed by atoms with E-state index in [-0.39, 0.29) is 5.82 Å². The van der Waals surface area contributed by atoms with Crippen LogP contribution in [0.4, 0.5) is 10.1 Å². The van der Waals surface area contributed by atoms with Gasteiger partial charge in [-0.3, -0.25) is 9.97 Å². The number of rotatable bonds is 2. The van der Waals surface area contributed by atoms with Gasteiger partial charge in [-0.25, -0.2) is 14.2 Å². The molecule has 0 amide bonds. The fourth-order valence-corrected chi connectivity index (χ4v) is 1.87. The summed E-state index contributed by atoms with van der Waals surface area (Å²) in [4.78, 5) is 24.4. The summed E-state index contributed by atoms with van der Waals surface area (Å²) in [5, 5.41) is 3.97. The number of hydrogen-bond acceptors (Lipinski definition) is 5. The van der Waals surface area contributed by atoms with E-state index in [4.69, 9.17) is 0 Å². The molecule has 7 nitrogen and oxygen atoms in total. The first-order valence-electron chi connectivity index (χ1n) is 5.82. The van der Waals surface area contributed by atoms with Crippen LogP contribution in [0.2, 0.25) is 0 Å². The number of H-pyrrole nitrogens is 1. The van der Waals surface area contributed by atoms with Crippen molar-refractivity contribution in [1.29, 1.82) is 0 Å². The fraction of sp³-hybridized carbons (Fsp3) is 0.167. The van der Waals surface area contributed by atoms with Crippen LogP contribution >= 0.6 is 0 Å². The summed E-state index contributed by atoms with van der Waals surface area (Å²) >= 11 is 0. The van der Waals surface area contributed by atoms with Gasteiger partial charge in [-0.15, -0.1) is 0 Å². The highest BCUT2D eigenvalue weighted by Gasteiger charge is 2.13. The highest BCUT2D eigenvalue weighted by molar-refractivity contribution is 5.69. The van der Waals surface area contributed by atoms with Gasteiger partial charge in [-0.1, -0.05) is 0 Å². The molecule has 0 unspecified atom stereocenters. The Balaban J connectivity index is 2.28. The Morgan fingerprint density at radius 3 is 2.80 bits per heavy atom. The topological polar surface area (TPSA) is 79.2 Å². The number of anilines is 1. The monoisotopic (exact) mass is 274 g/mol. The van der Waals surface area contributed by atoms with E-state index >= 15 is 0 Å². The first-order valence-corrected chi connectivity index (χ1v) is 5.82. The van der Waals surface area contributed by atoms with Gasteiger partial charge < -0.3 is 4.90 Å². The molecule has 3 aromatic heterocycles. The average molecular weight is 274 g/mol. The summed E-state index contributed by atoms with van der Waals surface area (Å²) in [6.07, 6.45) is 4.07. The average Bonchev–Trinajstić information content (AvgIpc) is 2.83. The minimum Gasteiger partial charge on any atom is -0.373 e.